The third kappa shape index (κ3) is 2.66. The maximum atomic E-state index is 3.89. The zero-order chi connectivity index (χ0) is 14.2. The van der Waals surface area contributed by atoms with Crippen molar-refractivity contribution < 1.29 is 0 Å². The van der Waals surface area contributed by atoms with Crippen molar-refractivity contribution in [3.63, 3.8) is 0 Å². The topological polar surface area (TPSA) is 55.6 Å². The normalized spacial score (nSPS) is 24.8. The molecule has 0 bridgehead atoms. The monoisotopic (exact) mass is 271 g/mol. The number of tetrazole rings is 1. The first-order chi connectivity index (χ1) is 9.53. The summed E-state index contributed by atoms with van der Waals surface area (Å²) >= 11 is 0. The van der Waals surface area contributed by atoms with Crippen LogP contribution >= 0.6 is 0 Å². The Labute approximate surface area is 119 Å². The van der Waals surface area contributed by atoms with Crippen molar-refractivity contribution in [1.29, 1.82) is 0 Å². The molecule has 1 N–H and O–H groups in total. The fraction of sp³-hybridized carbons (Fsp3) is 0.533. The van der Waals surface area contributed by atoms with Crippen molar-refractivity contribution in [2.24, 2.45) is 11.3 Å². The third-order valence-corrected chi connectivity index (χ3v) is 4.17. The second-order valence-corrected chi connectivity index (χ2v) is 6.60. The van der Waals surface area contributed by atoms with E-state index in [0.29, 0.717) is 17.4 Å². The molecule has 1 saturated carbocycles. The van der Waals surface area contributed by atoms with Gasteiger partial charge in [-0.25, -0.2) is 4.68 Å². The van der Waals surface area contributed by atoms with Crippen molar-refractivity contribution in [3.8, 4) is 5.69 Å². The second kappa shape index (κ2) is 4.89. The van der Waals surface area contributed by atoms with E-state index in [-0.39, 0.29) is 0 Å². The summed E-state index contributed by atoms with van der Waals surface area (Å²) in [5, 5.41) is 14.8. The molecule has 5 nitrogen and oxygen atoms in total. The highest BCUT2D eigenvalue weighted by Crippen LogP contribution is 2.42. The molecule has 5 heteroatoms. The van der Waals surface area contributed by atoms with Crippen LogP contribution in [-0.4, -0.2) is 26.2 Å². The lowest BCUT2D eigenvalue weighted by Crippen LogP contribution is -2.22. The van der Waals surface area contributed by atoms with Gasteiger partial charge in [-0.2, -0.15) is 0 Å². The number of hydrogen-bond acceptors (Lipinski definition) is 4. The van der Waals surface area contributed by atoms with Gasteiger partial charge in [0.2, 0.25) is 0 Å². The van der Waals surface area contributed by atoms with Gasteiger partial charge < -0.3 is 5.32 Å². The van der Waals surface area contributed by atoms with E-state index < -0.39 is 0 Å². The Morgan fingerprint density at radius 2 is 1.95 bits per heavy atom. The van der Waals surface area contributed by atoms with Gasteiger partial charge in [-0.15, -0.1) is 5.10 Å². The largest absolute Gasteiger partial charge is 0.382 e. The summed E-state index contributed by atoms with van der Waals surface area (Å²) < 4.78 is 1.66. The summed E-state index contributed by atoms with van der Waals surface area (Å²) in [6.45, 7) is 7.04. The van der Waals surface area contributed by atoms with Gasteiger partial charge in [-0.1, -0.05) is 20.8 Å². The van der Waals surface area contributed by atoms with Crippen LogP contribution in [-0.2, 0) is 0 Å². The van der Waals surface area contributed by atoms with Crippen molar-refractivity contribution >= 4 is 5.69 Å². The molecule has 2 unspecified atom stereocenters. The summed E-state index contributed by atoms with van der Waals surface area (Å²) in [6, 6.07) is 8.81. The molecule has 3 rings (SSSR count). The van der Waals surface area contributed by atoms with Crippen LogP contribution < -0.4 is 5.32 Å². The first-order valence-electron chi connectivity index (χ1n) is 7.13. The standard InChI is InChI=1S/C15H21N5/c1-11-8-15(2,3)9-14(11)17-12-4-6-13(7-5-12)20-10-16-18-19-20/h4-7,10-11,14,17H,8-9H2,1-3H3. The van der Waals surface area contributed by atoms with Gasteiger partial charge in [0, 0.05) is 11.7 Å². The number of nitrogens with one attached hydrogen (secondary N) is 1. The van der Waals surface area contributed by atoms with E-state index in [1.54, 1.807) is 11.0 Å². The molecule has 0 aliphatic heterocycles. The number of aromatic nitrogens is 4. The Morgan fingerprint density at radius 1 is 1.20 bits per heavy atom. The van der Waals surface area contributed by atoms with Gasteiger partial charge in [0.05, 0.1) is 5.69 Å². The van der Waals surface area contributed by atoms with Crippen LogP contribution in [0.5, 0.6) is 0 Å². The van der Waals surface area contributed by atoms with E-state index in [2.05, 4.69) is 53.7 Å². The Morgan fingerprint density at radius 3 is 2.50 bits per heavy atom. The molecule has 1 fully saturated rings. The minimum Gasteiger partial charge on any atom is -0.382 e. The van der Waals surface area contributed by atoms with E-state index in [0.717, 1.165) is 11.4 Å². The zero-order valence-corrected chi connectivity index (χ0v) is 12.2. The lowest BCUT2D eigenvalue weighted by atomic mass is 9.91. The molecule has 0 amide bonds. The van der Waals surface area contributed by atoms with Crippen LogP contribution in [0.3, 0.4) is 0 Å². The number of benzene rings is 1. The van der Waals surface area contributed by atoms with Crippen LogP contribution in [0.1, 0.15) is 33.6 Å². The molecule has 2 atom stereocenters. The van der Waals surface area contributed by atoms with Crippen molar-refractivity contribution in [1.82, 2.24) is 20.2 Å². The van der Waals surface area contributed by atoms with Crippen LogP contribution in [0.2, 0.25) is 0 Å². The molecule has 1 aromatic heterocycles. The maximum absolute atomic E-state index is 3.89. The molecular formula is C15H21N5. The van der Waals surface area contributed by atoms with Crippen LogP contribution in [0.4, 0.5) is 5.69 Å². The smallest absolute Gasteiger partial charge is 0.143 e. The lowest BCUT2D eigenvalue weighted by molar-refractivity contribution is 0.366. The zero-order valence-electron chi connectivity index (χ0n) is 12.2. The Bertz CT molecular complexity index is 558. The van der Waals surface area contributed by atoms with E-state index >= 15 is 0 Å². The van der Waals surface area contributed by atoms with Gasteiger partial charge in [0.1, 0.15) is 6.33 Å². The molecule has 1 aromatic carbocycles. The van der Waals surface area contributed by atoms with Crippen molar-refractivity contribution in [2.45, 2.75) is 39.7 Å². The van der Waals surface area contributed by atoms with E-state index in [1.165, 1.54) is 12.8 Å². The predicted octanol–water partition coefficient (Wildman–Crippen LogP) is 2.90. The number of anilines is 1. The molecule has 1 aliphatic carbocycles. The summed E-state index contributed by atoms with van der Waals surface area (Å²) in [7, 11) is 0. The van der Waals surface area contributed by atoms with Crippen LogP contribution in [0.25, 0.3) is 5.69 Å². The first kappa shape index (κ1) is 13.1. The summed E-state index contributed by atoms with van der Waals surface area (Å²) in [5.74, 6) is 0.712. The fourth-order valence-corrected chi connectivity index (χ4v) is 3.29. The summed E-state index contributed by atoms with van der Waals surface area (Å²) in [4.78, 5) is 0. The van der Waals surface area contributed by atoms with E-state index in [4.69, 9.17) is 0 Å². The Balaban J connectivity index is 1.70. The Hall–Kier alpha value is -1.91. The Kier molecular flexibility index (Phi) is 3.20. The van der Waals surface area contributed by atoms with Crippen LogP contribution in [0.15, 0.2) is 30.6 Å². The highest BCUT2D eigenvalue weighted by molar-refractivity contribution is 5.49. The molecule has 1 aliphatic rings. The number of rotatable bonds is 3. The van der Waals surface area contributed by atoms with E-state index in [1.807, 2.05) is 12.1 Å². The lowest BCUT2D eigenvalue weighted by Gasteiger charge is -2.20. The minimum absolute atomic E-state index is 0.448. The van der Waals surface area contributed by atoms with Gasteiger partial charge in [0.25, 0.3) is 0 Å². The van der Waals surface area contributed by atoms with Gasteiger partial charge in [-0.3, -0.25) is 0 Å². The average molecular weight is 271 g/mol. The average Bonchev–Trinajstić information content (AvgIpc) is 2.99. The van der Waals surface area contributed by atoms with Gasteiger partial charge in [-0.05, 0) is 58.9 Å². The quantitative estimate of drug-likeness (QED) is 0.932. The molecule has 20 heavy (non-hydrogen) atoms. The van der Waals surface area contributed by atoms with Crippen molar-refractivity contribution in [2.75, 3.05) is 5.32 Å². The number of hydrogen-bond donors (Lipinski definition) is 1. The summed E-state index contributed by atoms with van der Waals surface area (Å²) in [5.41, 5.74) is 2.58. The highest BCUT2D eigenvalue weighted by atomic mass is 15.5. The van der Waals surface area contributed by atoms with Gasteiger partial charge >= 0.3 is 0 Å². The molecule has 0 spiro atoms. The van der Waals surface area contributed by atoms with Crippen molar-refractivity contribution in [3.05, 3.63) is 30.6 Å². The molecule has 106 valence electrons. The summed E-state index contributed by atoms with van der Waals surface area (Å²) in [6.07, 6.45) is 4.11. The third-order valence-electron chi connectivity index (χ3n) is 4.17. The minimum atomic E-state index is 0.448. The first-order valence-corrected chi connectivity index (χ1v) is 7.13. The number of nitrogens with zero attached hydrogens (tertiary/aromatic N) is 4. The molecular weight excluding hydrogens is 250 g/mol. The molecule has 2 aromatic rings. The van der Waals surface area contributed by atoms with Gasteiger partial charge in [0.15, 0.2) is 0 Å². The van der Waals surface area contributed by atoms with E-state index in [9.17, 15) is 0 Å². The predicted molar refractivity (Wildman–Crippen MR) is 78.7 cm³/mol. The second-order valence-electron chi connectivity index (χ2n) is 6.60. The molecule has 0 radical (unpaired) electrons. The maximum Gasteiger partial charge on any atom is 0.143 e. The fourth-order valence-electron chi connectivity index (χ4n) is 3.29. The van der Waals surface area contributed by atoms with Crippen LogP contribution in [0, 0.1) is 11.3 Å². The molecule has 0 saturated heterocycles. The SMILES string of the molecule is CC1CC(C)(C)CC1Nc1ccc(-n2cnnn2)cc1. The molecule has 1 heterocycles. The highest BCUT2D eigenvalue weighted by Gasteiger charge is 2.36.